The number of aliphatic hydroxyl groups excluding tert-OH is 1. The molecule has 3 atom stereocenters. The van der Waals surface area contributed by atoms with Gasteiger partial charge in [0.1, 0.15) is 6.10 Å². The summed E-state index contributed by atoms with van der Waals surface area (Å²) in [6.07, 6.45) is -0.894. The van der Waals surface area contributed by atoms with Crippen molar-refractivity contribution < 1.29 is 14.6 Å². The number of hydrogen-bond donors (Lipinski definition) is 2. The van der Waals surface area contributed by atoms with Gasteiger partial charge in [0.2, 0.25) is 5.91 Å². The molecule has 1 aliphatic heterocycles. The second-order valence-corrected chi connectivity index (χ2v) is 3.95. The highest BCUT2D eigenvalue weighted by molar-refractivity contribution is 5.79. The van der Waals surface area contributed by atoms with Crippen LogP contribution in [-0.2, 0) is 9.53 Å². The van der Waals surface area contributed by atoms with Crippen LogP contribution in [0.2, 0.25) is 0 Å². The quantitative estimate of drug-likeness (QED) is 0.616. The Balaban J connectivity index is 1.67. The van der Waals surface area contributed by atoms with E-state index in [4.69, 9.17) is 9.84 Å². The van der Waals surface area contributed by atoms with E-state index in [0.29, 0.717) is 24.3 Å². The molecule has 1 amide bonds. The summed E-state index contributed by atoms with van der Waals surface area (Å²) in [5.74, 6) is 1.64. The number of carbonyl (C=O) groups is 1. The van der Waals surface area contributed by atoms with Crippen LogP contribution in [0.3, 0.4) is 0 Å². The minimum atomic E-state index is -0.894. The van der Waals surface area contributed by atoms with Crippen LogP contribution in [-0.4, -0.2) is 36.9 Å². The molecule has 1 saturated heterocycles. The van der Waals surface area contributed by atoms with E-state index < -0.39 is 6.10 Å². The summed E-state index contributed by atoms with van der Waals surface area (Å²) in [5.41, 5.74) is 0. The monoisotopic (exact) mass is 185 g/mol. The number of amides is 1. The number of fused-ring (bicyclic) bond motifs is 1. The molecule has 0 aromatic carbocycles. The molecule has 13 heavy (non-hydrogen) atoms. The fraction of sp³-hybridized carbons (Fsp3) is 0.889. The van der Waals surface area contributed by atoms with Crippen molar-refractivity contribution >= 4 is 5.91 Å². The molecule has 0 bridgehead atoms. The third-order valence-corrected chi connectivity index (χ3v) is 3.02. The van der Waals surface area contributed by atoms with Gasteiger partial charge in [0.05, 0.1) is 13.2 Å². The molecule has 0 spiro atoms. The third kappa shape index (κ3) is 1.69. The lowest BCUT2D eigenvalue weighted by Gasteiger charge is -2.08. The first-order chi connectivity index (χ1) is 6.20. The minimum absolute atomic E-state index is 0.272. The zero-order valence-electron chi connectivity index (χ0n) is 7.69. The largest absolute Gasteiger partial charge is 0.384 e. The van der Waals surface area contributed by atoms with E-state index in [1.165, 1.54) is 6.92 Å². The Bertz CT molecular complexity index is 207. The van der Waals surface area contributed by atoms with Crippen LogP contribution in [0.15, 0.2) is 0 Å². The van der Waals surface area contributed by atoms with E-state index in [-0.39, 0.29) is 5.91 Å². The van der Waals surface area contributed by atoms with Crippen molar-refractivity contribution in [3.05, 3.63) is 0 Å². The van der Waals surface area contributed by atoms with Crippen molar-refractivity contribution in [2.75, 3.05) is 19.8 Å². The van der Waals surface area contributed by atoms with Crippen LogP contribution in [0.1, 0.15) is 6.92 Å². The molecule has 2 fully saturated rings. The Labute approximate surface area is 77.3 Å². The van der Waals surface area contributed by atoms with Gasteiger partial charge in [0, 0.05) is 6.54 Å². The predicted molar refractivity (Wildman–Crippen MR) is 46.0 cm³/mol. The van der Waals surface area contributed by atoms with Crippen molar-refractivity contribution in [2.45, 2.75) is 13.0 Å². The lowest BCUT2D eigenvalue weighted by Crippen LogP contribution is -2.34. The molecule has 4 nitrogen and oxygen atoms in total. The Morgan fingerprint density at radius 3 is 2.77 bits per heavy atom. The zero-order valence-corrected chi connectivity index (χ0v) is 7.69. The van der Waals surface area contributed by atoms with Crippen molar-refractivity contribution in [1.82, 2.24) is 5.32 Å². The molecule has 0 aromatic rings. The maximum Gasteiger partial charge on any atom is 0.248 e. The standard InChI is InChI=1S/C9H15NO3/c1-5(11)9(12)10-2-6-7-3-13-4-8(6)7/h5-8,11H,2-4H2,1H3,(H,10,12)/t5-,6?,7?,8?/m1/s1. The summed E-state index contributed by atoms with van der Waals surface area (Å²) in [7, 11) is 0. The zero-order chi connectivity index (χ0) is 9.42. The first-order valence-electron chi connectivity index (χ1n) is 4.73. The molecule has 1 aliphatic carbocycles. The van der Waals surface area contributed by atoms with E-state index in [1.54, 1.807) is 0 Å². The van der Waals surface area contributed by atoms with Crippen molar-refractivity contribution in [2.24, 2.45) is 17.8 Å². The Morgan fingerprint density at radius 1 is 1.62 bits per heavy atom. The van der Waals surface area contributed by atoms with E-state index in [2.05, 4.69) is 5.32 Å². The number of rotatable bonds is 3. The Hall–Kier alpha value is -0.610. The minimum Gasteiger partial charge on any atom is -0.384 e. The molecular weight excluding hydrogens is 170 g/mol. The van der Waals surface area contributed by atoms with Gasteiger partial charge in [-0.05, 0) is 24.7 Å². The van der Waals surface area contributed by atoms with Crippen LogP contribution in [0.5, 0.6) is 0 Å². The molecule has 0 radical (unpaired) electrons. The number of aliphatic hydroxyl groups is 1. The van der Waals surface area contributed by atoms with Crippen molar-refractivity contribution in [3.8, 4) is 0 Å². The maximum atomic E-state index is 11.0. The average Bonchev–Trinajstić information content (AvgIpc) is 2.57. The van der Waals surface area contributed by atoms with Crippen LogP contribution >= 0.6 is 0 Å². The molecule has 2 unspecified atom stereocenters. The van der Waals surface area contributed by atoms with Gasteiger partial charge in [-0.2, -0.15) is 0 Å². The molecule has 74 valence electrons. The molecule has 2 rings (SSSR count). The summed E-state index contributed by atoms with van der Waals surface area (Å²) in [6, 6.07) is 0. The van der Waals surface area contributed by atoms with Gasteiger partial charge in [0.15, 0.2) is 0 Å². The van der Waals surface area contributed by atoms with Gasteiger partial charge in [-0.15, -0.1) is 0 Å². The fourth-order valence-corrected chi connectivity index (χ4v) is 2.03. The van der Waals surface area contributed by atoms with E-state index in [1.807, 2.05) is 0 Å². The number of ether oxygens (including phenoxy) is 1. The van der Waals surface area contributed by atoms with E-state index in [9.17, 15) is 4.79 Å². The van der Waals surface area contributed by atoms with Gasteiger partial charge >= 0.3 is 0 Å². The van der Waals surface area contributed by atoms with Crippen LogP contribution in [0.25, 0.3) is 0 Å². The highest BCUT2D eigenvalue weighted by atomic mass is 16.5. The maximum absolute atomic E-state index is 11.0. The van der Waals surface area contributed by atoms with Crippen molar-refractivity contribution in [3.63, 3.8) is 0 Å². The number of hydrogen-bond acceptors (Lipinski definition) is 3. The number of nitrogens with one attached hydrogen (secondary N) is 1. The normalized spacial score (nSPS) is 38.2. The summed E-state index contributed by atoms with van der Waals surface area (Å²) < 4.78 is 5.23. The molecule has 1 heterocycles. The second kappa shape index (κ2) is 3.27. The summed E-state index contributed by atoms with van der Waals surface area (Å²) in [5, 5.41) is 11.6. The third-order valence-electron chi connectivity index (χ3n) is 3.02. The highest BCUT2D eigenvalue weighted by Crippen LogP contribution is 2.50. The van der Waals surface area contributed by atoms with Gasteiger partial charge in [-0.1, -0.05) is 0 Å². The molecule has 4 heteroatoms. The van der Waals surface area contributed by atoms with Gasteiger partial charge in [-0.3, -0.25) is 4.79 Å². The highest BCUT2D eigenvalue weighted by Gasteiger charge is 2.53. The van der Waals surface area contributed by atoms with Crippen LogP contribution < -0.4 is 5.32 Å². The summed E-state index contributed by atoms with van der Waals surface area (Å²) in [4.78, 5) is 11.0. The smallest absolute Gasteiger partial charge is 0.248 e. The topological polar surface area (TPSA) is 58.6 Å². The molecule has 2 N–H and O–H groups in total. The predicted octanol–water partition coefficient (Wildman–Crippen LogP) is -0.624. The first-order valence-corrected chi connectivity index (χ1v) is 4.73. The van der Waals surface area contributed by atoms with Gasteiger partial charge in [-0.25, -0.2) is 0 Å². The molecule has 2 aliphatic rings. The van der Waals surface area contributed by atoms with Gasteiger partial charge in [0.25, 0.3) is 0 Å². The van der Waals surface area contributed by atoms with Gasteiger partial charge < -0.3 is 15.2 Å². The van der Waals surface area contributed by atoms with Crippen molar-refractivity contribution in [1.29, 1.82) is 0 Å². The second-order valence-electron chi connectivity index (χ2n) is 3.95. The fourth-order valence-electron chi connectivity index (χ4n) is 2.03. The van der Waals surface area contributed by atoms with Crippen LogP contribution in [0.4, 0.5) is 0 Å². The lowest BCUT2D eigenvalue weighted by molar-refractivity contribution is -0.128. The molecule has 1 saturated carbocycles. The first kappa shape index (κ1) is 8.97. The molecule has 0 aromatic heterocycles. The Kier molecular flexibility index (Phi) is 2.26. The Morgan fingerprint density at radius 2 is 2.23 bits per heavy atom. The lowest BCUT2D eigenvalue weighted by atomic mass is 10.3. The average molecular weight is 185 g/mol. The van der Waals surface area contributed by atoms with E-state index in [0.717, 1.165) is 13.2 Å². The molecular formula is C9H15NO3. The summed E-state index contributed by atoms with van der Waals surface area (Å²) in [6.45, 7) is 3.87. The van der Waals surface area contributed by atoms with E-state index >= 15 is 0 Å². The summed E-state index contributed by atoms with van der Waals surface area (Å²) >= 11 is 0. The number of carbonyl (C=O) groups excluding carboxylic acids is 1. The van der Waals surface area contributed by atoms with Crippen LogP contribution in [0, 0.1) is 17.8 Å². The SMILES string of the molecule is C[C@@H](O)C(=O)NCC1C2COCC12.